The number of fused-ring (bicyclic) bond motifs is 1. The summed E-state index contributed by atoms with van der Waals surface area (Å²) in [7, 11) is 0. The van der Waals surface area contributed by atoms with Gasteiger partial charge in [-0.1, -0.05) is 60.7 Å². The van der Waals surface area contributed by atoms with Crippen LogP contribution in [-0.2, 0) is 14.3 Å². The number of amides is 1. The molecule has 2 aliphatic heterocycles. The van der Waals surface area contributed by atoms with Gasteiger partial charge in [-0.2, -0.15) is 5.26 Å². The lowest BCUT2D eigenvalue weighted by Crippen LogP contribution is -2.58. The van der Waals surface area contributed by atoms with E-state index in [1.54, 1.807) is 16.7 Å². The molecule has 0 saturated carbocycles. The molecule has 5 nitrogen and oxygen atoms in total. The highest BCUT2D eigenvalue weighted by Gasteiger charge is 2.61. The van der Waals surface area contributed by atoms with Gasteiger partial charge in [0.25, 0.3) is 0 Å². The van der Waals surface area contributed by atoms with E-state index in [0.29, 0.717) is 12.2 Å². The van der Waals surface area contributed by atoms with Crippen LogP contribution in [0.4, 0.5) is 0 Å². The normalized spacial score (nSPS) is 25.3. The molecule has 2 saturated heterocycles. The molecule has 0 bridgehead atoms. The van der Waals surface area contributed by atoms with Crippen molar-refractivity contribution in [1.82, 2.24) is 4.90 Å². The van der Waals surface area contributed by atoms with Crippen LogP contribution in [0, 0.1) is 10.7 Å². The monoisotopic (exact) mass is 424 g/mol. The summed E-state index contributed by atoms with van der Waals surface area (Å²) < 4.78 is 5.48. The van der Waals surface area contributed by atoms with Crippen LogP contribution in [0.5, 0.6) is 0 Å². The summed E-state index contributed by atoms with van der Waals surface area (Å²) in [5, 5.41) is 11.1. The van der Waals surface area contributed by atoms with Crippen LogP contribution in [0.2, 0.25) is 0 Å². The Morgan fingerprint density at radius 3 is 2.34 bits per heavy atom. The zero-order valence-corrected chi connectivity index (χ0v) is 17.5. The summed E-state index contributed by atoms with van der Waals surface area (Å²) in [6.45, 7) is 1.94. The Morgan fingerprint density at radius 2 is 1.83 bits per heavy atom. The SMILES string of the molecule is C[C@@]1(CSC#N)S[C@H]2CC(=O)N2[C@H]1C(=O)OC(c1ccccc1)c1ccccc1. The third-order valence-corrected chi connectivity index (χ3v) is 7.92. The Hall–Kier alpha value is -2.43. The summed E-state index contributed by atoms with van der Waals surface area (Å²) in [5.41, 5.74) is 1.74. The van der Waals surface area contributed by atoms with Crippen LogP contribution >= 0.6 is 23.5 Å². The number of esters is 1. The highest BCUT2D eigenvalue weighted by Crippen LogP contribution is 2.52. The fraction of sp³-hybridized carbons (Fsp3) is 0.318. The van der Waals surface area contributed by atoms with E-state index in [1.807, 2.05) is 67.6 Å². The first-order valence-corrected chi connectivity index (χ1v) is 11.2. The molecule has 0 aromatic heterocycles. The summed E-state index contributed by atoms with van der Waals surface area (Å²) in [6, 6.07) is 18.5. The predicted octanol–water partition coefficient (Wildman–Crippen LogP) is 3.97. The summed E-state index contributed by atoms with van der Waals surface area (Å²) >= 11 is 2.70. The summed E-state index contributed by atoms with van der Waals surface area (Å²) in [6.07, 6.45) is -0.125. The molecule has 4 rings (SSSR count). The highest BCUT2D eigenvalue weighted by atomic mass is 32.2. The average Bonchev–Trinajstić information content (AvgIpc) is 2.99. The number of hydrogen-bond donors (Lipinski definition) is 0. The number of ether oxygens (including phenoxy) is 1. The molecule has 0 spiro atoms. The van der Waals surface area contributed by atoms with Gasteiger partial charge in [0, 0.05) is 5.75 Å². The fourth-order valence-corrected chi connectivity index (χ4v) is 6.39. The van der Waals surface area contributed by atoms with E-state index in [4.69, 9.17) is 10.00 Å². The van der Waals surface area contributed by atoms with Gasteiger partial charge in [0.2, 0.25) is 5.91 Å². The van der Waals surface area contributed by atoms with Crippen LogP contribution < -0.4 is 0 Å². The van der Waals surface area contributed by atoms with E-state index < -0.39 is 22.9 Å². The molecule has 7 heteroatoms. The quantitative estimate of drug-likeness (QED) is 0.397. The predicted molar refractivity (Wildman–Crippen MR) is 114 cm³/mol. The van der Waals surface area contributed by atoms with Gasteiger partial charge >= 0.3 is 5.97 Å². The first kappa shape index (κ1) is 19.9. The summed E-state index contributed by atoms with van der Waals surface area (Å²) in [4.78, 5) is 27.3. The molecule has 0 aliphatic carbocycles. The van der Waals surface area contributed by atoms with Gasteiger partial charge in [-0.15, -0.1) is 11.8 Å². The Bertz CT molecular complexity index is 908. The smallest absolute Gasteiger partial charge is 0.331 e. The van der Waals surface area contributed by atoms with Gasteiger partial charge in [-0.25, -0.2) is 4.79 Å². The molecule has 2 heterocycles. The molecule has 148 valence electrons. The van der Waals surface area contributed by atoms with Crippen molar-refractivity contribution in [2.24, 2.45) is 0 Å². The number of carbonyl (C=O) groups is 2. The number of hydrogen-bond acceptors (Lipinski definition) is 6. The molecule has 2 aromatic carbocycles. The lowest BCUT2D eigenvalue weighted by molar-refractivity contribution is -0.164. The fourth-order valence-electron chi connectivity index (χ4n) is 3.90. The van der Waals surface area contributed by atoms with Crippen molar-refractivity contribution < 1.29 is 14.3 Å². The standard InChI is InChI=1S/C22H20N2O3S2/c1-22(13-28-14-23)20(24-17(25)12-18(24)29-22)21(26)27-19(15-8-4-2-5-9-15)16-10-6-3-7-11-16/h2-11,18-20H,12-13H2,1H3/t18-,20-,22-/m0/s1. The molecule has 29 heavy (non-hydrogen) atoms. The van der Waals surface area contributed by atoms with E-state index in [-0.39, 0.29) is 11.3 Å². The Labute approximate surface area is 178 Å². The molecular weight excluding hydrogens is 404 g/mol. The van der Waals surface area contributed by atoms with Crippen LogP contribution in [0.3, 0.4) is 0 Å². The second-order valence-electron chi connectivity index (χ2n) is 7.31. The molecule has 2 fully saturated rings. The average molecular weight is 425 g/mol. The van der Waals surface area contributed by atoms with E-state index in [0.717, 1.165) is 22.9 Å². The number of benzene rings is 2. The van der Waals surface area contributed by atoms with Crippen molar-refractivity contribution in [3.63, 3.8) is 0 Å². The third kappa shape index (κ3) is 3.75. The summed E-state index contributed by atoms with van der Waals surface area (Å²) in [5.74, 6) is -0.00635. The Morgan fingerprint density at radius 1 is 1.24 bits per heavy atom. The molecule has 3 atom stereocenters. The van der Waals surface area contributed by atoms with Crippen molar-refractivity contribution in [1.29, 1.82) is 5.26 Å². The molecule has 2 aliphatic rings. The van der Waals surface area contributed by atoms with E-state index in [9.17, 15) is 9.59 Å². The van der Waals surface area contributed by atoms with Crippen LogP contribution in [0.1, 0.15) is 30.6 Å². The molecule has 0 unspecified atom stereocenters. The molecule has 0 N–H and O–H groups in total. The van der Waals surface area contributed by atoms with Gasteiger partial charge in [0.1, 0.15) is 11.4 Å². The van der Waals surface area contributed by atoms with Gasteiger partial charge in [0.05, 0.1) is 16.5 Å². The maximum atomic E-state index is 13.4. The number of thiocyanates is 1. The lowest BCUT2D eigenvalue weighted by atomic mass is 9.97. The van der Waals surface area contributed by atoms with Crippen molar-refractivity contribution in [3.8, 4) is 5.40 Å². The van der Waals surface area contributed by atoms with Gasteiger partial charge in [0.15, 0.2) is 6.10 Å². The van der Waals surface area contributed by atoms with E-state index in [2.05, 4.69) is 5.40 Å². The third-order valence-electron chi connectivity index (χ3n) is 5.29. The second-order valence-corrected chi connectivity index (χ2v) is 9.78. The number of rotatable bonds is 6. The maximum absolute atomic E-state index is 13.4. The van der Waals surface area contributed by atoms with Crippen LogP contribution in [0.15, 0.2) is 60.7 Å². The first-order chi connectivity index (χ1) is 14.0. The zero-order valence-electron chi connectivity index (χ0n) is 15.9. The van der Waals surface area contributed by atoms with Gasteiger partial charge < -0.3 is 9.64 Å². The number of carbonyl (C=O) groups excluding carboxylic acids is 2. The number of nitriles is 1. The number of β-lactam (4-membered cyclic amide) rings is 1. The molecular formula is C22H20N2O3S2. The van der Waals surface area contributed by atoms with E-state index >= 15 is 0 Å². The number of thioether (sulfide) groups is 2. The molecule has 1 amide bonds. The highest BCUT2D eigenvalue weighted by molar-refractivity contribution is 8.06. The number of nitrogens with zero attached hydrogens (tertiary/aromatic N) is 2. The van der Waals surface area contributed by atoms with Crippen molar-refractivity contribution in [3.05, 3.63) is 71.8 Å². The lowest BCUT2D eigenvalue weighted by Gasteiger charge is -2.38. The first-order valence-electron chi connectivity index (χ1n) is 9.34. The van der Waals surface area contributed by atoms with E-state index in [1.165, 1.54) is 0 Å². The minimum absolute atomic E-state index is 0.0174. The second kappa shape index (κ2) is 8.13. The van der Waals surface area contributed by atoms with Gasteiger partial charge in [-0.3, -0.25) is 4.79 Å². The largest absolute Gasteiger partial charge is 0.451 e. The van der Waals surface area contributed by atoms with Crippen molar-refractivity contribution in [2.45, 2.75) is 35.6 Å². The molecule has 0 radical (unpaired) electrons. The Kier molecular flexibility index (Phi) is 5.57. The minimum atomic E-state index is -0.700. The molecule has 2 aromatic rings. The Balaban J connectivity index is 1.64. The maximum Gasteiger partial charge on any atom is 0.331 e. The minimum Gasteiger partial charge on any atom is -0.451 e. The van der Waals surface area contributed by atoms with Crippen LogP contribution in [0.25, 0.3) is 0 Å². The van der Waals surface area contributed by atoms with Crippen molar-refractivity contribution >= 4 is 35.4 Å². The zero-order chi connectivity index (χ0) is 20.4. The topological polar surface area (TPSA) is 70.4 Å². The van der Waals surface area contributed by atoms with Gasteiger partial charge in [-0.05, 0) is 29.8 Å². The van der Waals surface area contributed by atoms with Crippen molar-refractivity contribution in [2.75, 3.05) is 5.75 Å². The van der Waals surface area contributed by atoms with Crippen LogP contribution in [-0.4, -0.2) is 38.7 Å².